The van der Waals surface area contributed by atoms with Gasteiger partial charge in [-0.3, -0.25) is 9.59 Å². The van der Waals surface area contributed by atoms with Crippen molar-refractivity contribution in [3.05, 3.63) is 71.8 Å². The number of amides is 1. The smallest absolute Gasteiger partial charge is 0.548 e. The fourth-order valence-corrected chi connectivity index (χ4v) is 2.18. The summed E-state index contributed by atoms with van der Waals surface area (Å²) in [7, 11) is 0. The summed E-state index contributed by atoms with van der Waals surface area (Å²) in [6.07, 6.45) is -0.473. The Balaban J connectivity index is 0.00000338. The Morgan fingerprint density at radius 2 is 1.46 bits per heavy atom. The Hall–Kier alpha value is -1.51. The van der Waals surface area contributed by atoms with E-state index in [0.29, 0.717) is 0 Å². The van der Waals surface area contributed by atoms with Crippen LogP contribution in [0.2, 0.25) is 0 Å². The monoisotopic (exact) mass is 379 g/mol. The summed E-state index contributed by atoms with van der Waals surface area (Å²) in [5.74, 6) is -2.76. The van der Waals surface area contributed by atoms with Crippen molar-refractivity contribution in [2.45, 2.75) is 25.5 Å². The molecule has 26 heavy (non-hydrogen) atoms. The fraction of sp³-hybridized carbons (Fsp3) is 0.211. The average Bonchev–Trinajstić information content (AvgIpc) is 2.61. The normalized spacial score (nSPS) is 10.9. The molecular formula is C19H18KNO5. The van der Waals surface area contributed by atoms with Crippen molar-refractivity contribution in [1.82, 2.24) is 5.32 Å². The van der Waals surface area contributed by atoms with Gasteiger partial charge in [-0.15, -0.1) is 0 Å². The first-order valence-corrected chi connectivity index (χ1v) is 7.78. The zero-order chi connectivity index (χ0) is 18.1. The van der Waals surface area contributed by atoms with Gasteiger partial charge < -0.3 is 20.0 Å². The molecule has 2 rings (SSSR count). The minimum absolute atomic E-state index is 0. The molecule has 0 bridgehead atoms. The van der Waals surface area contributed by atoms with Crippen LogP contribution in [0, 0.1) is 0 Å². The molecule has 0 spiro atoms. The largest absolute Gasteiger partial charge is 1.00 e. The van der Waals surface area contributed by atoms with E-state index in [2.05, 4.69) is 5.32 Å². The third kappa shape index (κ3) is 8.24. The van der Waals surface area contributed by atoms with Crippen LogP contribution in [0.25, 0.3) is 0 Å². The van der Waals surface area contributed by atoms with Crippen LogP contribution in [0.4, 0.5) is 0 Å². The van der Waals surface area contributed by atoms with Crippen molar-refractivity contribution in [1.29, 1.82) is 0 Å². The number of carbonyl (C=O) groups excluding carboxylic acids is 3. The Kier molecular flexibility index (Phi) is 10.4. The number of aliphatic carboxylic acids is 1. The van der Waals surface area contributed by atoms with Crippen LogP contribution >= 0.6 is 0 Å². The van der Waals surface area contributed by atoms with Crippen LogP contribution in [0.15, 0.2) is 60.7 Å². The van der Waals surface area contributed by atoms with Crippen LogP contribution in [-0.4, -0.2) is 23.9 Å². The number of rotatable bonds is 8. The number of carboxylic acids is 1. The molecule has 0 fully saturated rings. The van der Waals surface area contributed by atoms with Gasteiger partial charge in [0.2, 0.25) is 5.91 Å². The molecule has 0 aliphatic carbocycles. The van der Waals surface area contributed by atoms with Gasteiger partial charge >= 0.3 is 57.4 Å². The fourth-order valence-electron chi connectivity index (χ4n) is 2.18. The predicted octanol–water partition coefficient (Wildman–Crippen LogP) is -2.40. The van der Waals surface area contributed by atoms with Gasteiger partial charge in [0.1, 0.15) is 6.61 Å². The molecule has 0 saturated carbocycles. The van der Waals surface area contributed by atoms with E-state index < -0.39 is 30.3 Å². The SMILES string of the molecule is O=C(Cc1ccccc1)N[C@@H](CC(=O)OCc1ccccc1)C(=O)[O-].[K+]. The molecule has 0 unspecified atom stereocenters. The van der Waals surface area contributed by atoms with Gasteiger partial charge in [0.15, 0.2) is 0 Å². The number of ether oxygens (including phenoxy) is 1. The maximum absolute atomic E-state index is 11.9. The van der Waals surface area contributed by atoms with E-state index in [1.165, 1.54) is 0 Å². The van der Waals surface area contributed by atoms with Crippen molar-refractivity contribution in [3.63, 3.8) is 0 Å². The summed E-state index contributed by atoms with van der Waals surface area (Å²) >= 11 is 0. The second-order valence-corrected chi connectivity index (χ2v) is 5.45. The molecule has 0 aliphatic rings. The third-order valence-corrected chi connectivity index (χ3v) is 3.44. The molecule has 0 heterocycles. The molecule has 2 aromatic carbocycles. The summed E-state index contributed by atoms with van der Waals surface area (Å²) in [4.78, 5) is 34.9. The van der Waals surface area contributed by atoms with E-state index >= 15 is 0 Å². The van der Waals surface area contributed by atoms with Gasteiger partial charge in [0.05, 0.1) is 24.9 Å². The number of hydrogen-bond acceptors (Lipinski definition) is 5. The van der Waals surface area contributed by atoms with Crippen LogP contribution in [0.5, 0.6) is 0 Å². The first-order valence-electron chi connectivity index (χ1n) is 7.78. The van der Waals surface area contributed by atoms with Gasteiger partial charge in [-0.1, -0.05) is 60.7 Å². The number of benzene rings is 2. The molecule has 6 nitrogen and oxygen atoms in total. The van der Waals surface area contributed by atoms with E-state index in [1.807, 2.05) is 12.1 Å². The van der Waals surface area contributed by atoms with Gasteiger partial charge in [0, 0.05) is 0 Å². The number of hydrogen-bond donors (Lipinski definition) is 1. The topological polar surface area (TPSA) is 95.5 Å². The standard InChI is InChI=1S/C19H19NO5.K/c21-17(11-14-7-3-1-4-8-14)20-16(19(23)24)12-18(22)25-13-15-9-5-2-6-10-15;/h1-10,16H,11-13H2,(H,20,21)(H,23,24);/q;+1/p-1/t16-;/m0./s1. The van der Waals surface area contributed by atoms with Crippen molar-refractivity contribution >= 4 is 17.8 Å². The van der Waals surface area contributed by atoms with Crippen molar-refractivity contribution < 1.29 is 75.6 Å². The minimum Gasteiger partial charge on any atom is -0.548 e. The summed E-state index contributed by atoms with van der Waals surface area (Å²) in [6, 6.07) is 16.4. The van der Waals surface area contributed by atoms with Crippen LogP contribution in [-0.2, 0) is 32.1 Å². The Morgan fingerprint density at radius 3 is 2.00 bits per heavy atom. The Labute approximate surface area is 194 Å². The second-order valence-electron chi connectivity index (χ2n) is 5.45. The van der Waals surface area contributed by atoms with Gasteiger partial charge in [-0.25, -0.2) is 0 Å². The minimum atomic E-state index is -1.53. The van der Waals surface area contributed by atoms with E-state index in [9.17, 15) is 19.5 Å². The van der Waals surface area contributed by atoms with E-state index in [-0.39, 0.29) is 64.4 Å². The van der Waals surface area contributed by atoms with Crippen LogP contribution in [0.1, 0.15) is 17.5 Å². The first kappa shape index (κ1) is 22.5. The molecule has 1 amide bonds. The summed E-state index contributed by atoms with van der Waals surface area (Å²) in [6.45, 7) is 0.0391. The maximum Gasteiger partial charge on any atom is 1.00 e. The van der Waals surface area contributed by atoms with Crippen molar-refractivity contribution in [2.75, 3.05) is 0 Å². The maximum atomic E-state index is 11.9. The summed E-state index contributed by atoms with van der Waals surface area (Å²) in [5.41, 5.74) is 1.53. The zero-order valence-electron chi connectivity index (χ0n) is 14.5. The zero-order valence-corrected chi connectivity index (χ0v) is 17.6. The van der Waals surface area contributed by atoms with Crippen LogP contribution in [0.3, 0.4) is 0 Å². The molecule has 2 aromatic rings. The first-order chi connectivity index (χ1) is 12.0. The van der Waals surface area contributed by atoms with Crippen molar-refractivity contribution in [3.8, 4) is 0 Å². The number of carboxylic acid groups (broad SMARTS) is 1. The number of carbonyl (C=O) groups is 3. The molecule has 0 aromatic heterocycles. The summed E-state index contributed by atoms with van der Waals surface area (Å²) < 4.78 is 5.03. The predicted molar refractivity (Wildman–Crippen MR) is 87.9 cm³/mol. The quantitative estimate of drug-likeness (QED) is 0.408. The van der Waals surface area contributed by atoms with E-state index in [0.717, 1.165) is 11.1 Å². The van der Waals surface area contributed by atoms with E-state index in [4.69, 9.17) is 4.74 Å². The number of esters is 1. The average molecular weight is 379 g/mol. The third-order valence-electron chi connectivity index (χ3n) is 3.44. The van der Waals surface area contributed by atoms with Gasteiger partial charge in [-0.05, 0) is 11.1 Å². The number of nitrogens with one attached hydrogen (secondary N) is 1. The van der Waals surface area contributed by atoms with Gasteiger partial charge in [0.25, 0.3) is 0 Å². The Morgan fingerprint density at radius 1 is 0.923 bits per heavy atom. The molecule has 0 saturated heterocycles. The van der Waals surface area contributed by atoms with Crippen molar-refractivity contribution in [2.24, 2.45) is 0 Å². The molecular weight excluding hydrogens is 361 g/mol. The molecule has 7 heteroatoms. The van der Waals surface area contributed by atoms with E-state index in [1.54, 1.807) is 48.5 Å². The molecule has 1 atom stereocenters. The Bertz CT molecular complexity index is 721. The second kappa shape index (κ2) is 12.0. The molecule has 130 valence electrons. The molecule has 0 radical (unpaired) electrons. The molecule has 0 aliphatic heterocycles. The van der Waals surface area contributed by atoms with Gasteiger partial charge in [-0.2, -0.15) is 0 Å². The summed E-state index contributed by atoms with van der Waals surface area (Å²) in [5, 5.41) is 13.5. The van der Waals surface area contributed by atoms with Crippen LogP contribution < -0.4 is 61.8 Å². The molecule has 1 N–H and O–H groups in total.